The molecule has 0 saturated carbocycles. The Morgan fingerprint density at radius 1 is 1.25 bits per heavy atom. The maximum Gasteiger partial charge on any atom is 0.411 e. The number of carbonyl (C=O) groups is 2. The maximum atomic E-state index is 13.6. The third-order valence-electron chi connectivity index (χ3n) is 3.90. The third-order valence-corrected chi connectivity index (χ3v) is 3.90. The fourth-order valence-electron chi connectivity index (χ4n) is 2.92. The zero-order valence-electron chi connectivity index (χ0n) is 14.2. The monoisotopic (exact) mass is 340 g/mol. The van der Waals surface area contributed by atoms with Crippen molar-refractivity contribution in [3.05, 3.63) is 35.4 Å². The van der Waals surface area contributed by atoms with Gasteiger partial charge >= 0.3 is 6.09 Å². The fraction of sp³-hybridized carbons (Fsp3) is 0.529. The minimum Gasteiger partial charge on any atom is -0.444 e. The number of ketones is 1. The van der Waals surface area contributed by atoms with Gasteiger partial charge in [0.25, 0.3) is 0 Å². The van der Waals surface area contributed by atoms with Crippen LogP contribution in [0, 0.1) is 11.6 Å². The molecule has 1 aliphatic heterocycles. The van der Waals surface area contributed by atoms with E-state index >= 15 is 0 Å². The lowest BCUT2D eigenvalue weighted by Crippen LogP contribution is -2.44. The minimum absolute atomic E-state index is 0.234. The number of nitrogens with zero attached hydrogens (tertiary/aromatic N) is 1. The van der Waals surface area contributed by atoms with E-state index in [0.717, 1.165) is 12.1 Å². The summed E-state index contributed by atoms with van der Waals surface area (Å²) in [4.78, 5) is 25.8. The molecule has 7 heteroatoms. The first-order valence-corrected chi connectivity index (χ1v) is 7.73. The molecule has 1 fully saturated rings. The highest BCUT2D eigenvalue weighted by molar-refractivity contribution is 5.86. The molecule has 1 aromatic carbocycles. The van der Waals surface area contributed by atoms with E-state index in [9.17, 15) is 18.4 Å². The zero-order chi connectivity index (χ0) is 18.2. The number of benzene rings is 1. The van der Waals surface area contributed by atoms with Gasteiger partial charge in [-0.25, -0.2) is 13.6 Å². The van der Waals surface area contributed by atoms with Gasteiger partial charge < -0.3 is 10.5 Å². The van der Waals surface area contributed by atoms with Crippen LogP contribution in [0.15, 0.2) is 18.2 Å². The second-order valence-corrected chi connectivity index (χ2v) is 7.03. The van der Waals surface area contributed by atoms with E-state index in [1.807, 2.05) is 0 Å². The van der Waals surface area contributed by atoms with Gasteiger partial charge in [0.1, 0.15) is 5.60 Å². The number of amides is 1. The van der Waals surface area contributed by atoms with Crippen LogP contribution in [0.5, 0.6) is 0 Å². The number of ether oxygens (including phenoxy) is 1. The Morgan fingerprint density at radius 2 is 1.88 bits per heavy atom. The van der Waals surface area contributed by atoms with Gasteiger partial charge in [0.2, 0.25) is 0 Å². The summed E-state index contributed by atoms with van der Waals surface area (Å²) in [5, 5.41) is 0. The van der Waals surface area contributed by atoms with Crippen LogP contribution in [0.4, 0.5) is 13.6 Å². The number of Topliss-reactive ketones (excluding diaryl/α,β-unsaturated/α-hetero) is 1. The van der Waals surface area contributed by atoms with Crippen molar-refractivity contribution in [1.29, 1.82) is 0 Å². The molecule has 2 N–H and O–H groups in total. The van der Waals surface area contributed by atoms with Crippen LogP contribution < -0.4 is 5.73 Å². The fourth-order valence-corrected chi connectivity index (χ4v) is 2.92. The van der Waals surface area contributed by atoms with Crippen molar-refractivity contribution in [3.63, 3.8) is 0 Å². The van der Waals surface area contributed by atoms with E-state index in [1.54, 1.807) is 20.8 Å². The Kier molecular flexibility index (Phi) is 4.94. The summed E-state index contributed by atoms with van der Waals surface area (Å²) in [7, 11) is 0. The van der Waals surface area contributed by atoms with Crippen molar-refractivity contribution < 1.29 is 23.1 Å². The van der Waals surface area contributed by atoms with Crippen LogP contribution in [0.1, 0.15) is 45.7 Å². The van der Waals surface area contributed by atoms with Crippen molar-refractivity contribution in [1.82, 2.24) is 4.90 Å². The molecule has 24 heavy (non-hydrogen) atoms. The molecule has 0 spiro atoms. The van der Waals surface area contributed by atoms with Crippen molar-refractivity contribution in [2.24, 2.45) is 5.73 Å². The van der Waals surface area contributed by atoms with Crippen LogP contribution in [-0.2, 0) is 9.53 Å². The van der Waals surface area contributed by atoms with Gasteiger partial charge in [0.05, 0.1) is 12.1 Å². The van der Waals surface area contributed by atoms with Crippen molar-refractivity contribution in [2.75, 3.05) is 0 Å². The summed E-state index contributed by atoms with van der Waals surface area (Å²) in [6.45, 7) is 6.48. The average molecular weight is 340 g/mol. The molecule has 132 valence electrons. The highest BCUT2D eigenvalue weighted by atomic mass is 19.2. The minimum atomic E-state index is -1.03. The summed E-state index contributed by atoms with van der Waals surface area (Å²) < 4.78 is 32.2. The number of likely N-dealkylation sites (tertiary alicyclic amines) is 1. The molecule has 3 atom stereocenters. The van der Waals surface area contributed by atoms with E-state index in [1.165, 1.54) is 17.9 Å². The van der Waals surface area contributed by atoms with Gasteiger partial charge in [0, 0.05) is 6.04 Å². The molecular weight excluding hydrogens is 318 g/mol. The Labute approximate surface area is 139 Å². The van der Waals surface area contributed by atoms with Crippen LogP contribution >= 0.6 is 0 Å². The lowest BCUT2D eigenvalue weighted by molar-refractivity contribution is -0.121. The first-order chi connectivity index (χ1) is 11.0. The SMILES string of the molecule is CC(=O)[C@@H]1C[C@@H](N)[C@H](c2ccc(F)c(F)c2)N1C(=O)OC(C)(C)C. The summed E-state index contributed by atoms with van der Waals surface area (Å²) in [6.07, 6.45) is -0.469. The molecule has 1 amide bonds. The van der Waals surface area contributed by atoms with Gasteiger partial charge in [-0.3, -0.25) is 9.69 Å². The quantitative estimate of drug-likeness (QED) is 0.898. The summed E-state index contributed by atoms with van der Waals surface area (Å²) in [6, 6.07) is 1.24. The number of rotatable bonds is 2. The highest BCUT2D eigenvalue weighted by Gasteiger charge is 2.46. The topological polar surface area (TPSA) is 72.6 Å². The smallest absolute Gasteiger partial charge is 0.411 e. The van der Waals surface area contributed by atoms with Crippen LogP contribution in [-0.4, -0.2) is 34.5 Å². The molecule has 1 heterocycles. The van der Waals surface area contributed by atoms with Gasteiger partial charge in [-0.2, -0.15) is 0 Å². The lowest BCUT2D eigenvalue weighted by Gasteiger charge is -2.32. The number of hydrogen-bond donors (Lipinski definition) is 1. The van der Waals surface area contributed by atoms with E-state index < -0.39 is 41.5 Å². The van der Waals surface area contributed by atoms with E-state index in [4.69, 9.17) is 10.5 Å². The van der Waals surface area contributed by atoms with Crippen molar-refractivity contribution in [2.45, 2.75) is 57.8 Å². The molecule has 1 aromatic rings. The Morgan fingerprint density at radius 3 is 2.38 bits per heavy atom. The summed E-state index contributed by atoms with van der Waals surface area (Å²) >= 11 is 0. The van der Waals surface area contributed by atoms with Gasteiger partial charge in [0.15, 0.2) is 17.4 Å². The molecule has 0 bridgehead atoms. The normalized spacial score (nSPS) is 24.1. The number of hydrogen-bond acceptors (Lipinski definition) is 4. The standard InChI is InChI=1S/C17H22F2N2O3/c1-9(22)14-8-13(20)15(10-5-6-11(18)12(19)7-10)21(14)16(23)24-17(2,3)4/h5-7,13-15H,8,20H2,1-4H3/t13-,14+,15+/m1/s1. The molecule has 1 saturated heterocycles. The summed E-state index contributed by atoms with van der Waals surface area (Å²) in [5.74, 6) is -2.26. The zero-order valence-corrected chi connectivity index (χ0v) is 14.2. The van der Waals surface area contributed by atoms with Crippen molar-refractivity contribution >= 4 is 11.9 Å². The van der Waals surface area contributed by atoms with E-state index in [2.05, 4.69) is 0 Å². The molecule has 0 radical (unpaired) electrons. The Bertz CT molecular complexity index is 658. The van der Waals surface area contributed by atoms with Crippen LogP contribution in [0.3, 0.4) is 0 Å². The Hall–Kier alpha value is -2.02. The average Bonchev–Trinajstić information content (AvgIpc) is 2.78. The molecule has 1 aliphatic rings. The second-order valence-electron chi connectivity index (χ2n) is 7.03. The first-order valence-electron chi connectivity index (χ1n) is 7.73. The molecule has 0 aliphatic carbocycles. The third kappa shape index (κ3) is 3.72. The molecule has 0 unspecified atom stereocenters. The lowest BCUT2D eigenvalue weighted by atomic mass is 10.00. The molecule has 0 aromatic heterocycles. The second kappa shape index (κ2) is 6.47. The number of nitrogens with two attached hydrogens (primary N) is 1. The van der Waals surface area contributed by atoms with E-state index in [-0.39, 0.29) is 12.2 Å². The number of halogens is 2. The van der Waals surface area contributed by atoms with E-state index in [0.29, 0.717) is 5.56 Å². The van der Waals surface area contributed by atoms with Gasteiger partial charge in [-0.1, -0.05) is 6.07 Å². The maximum absolute atomic E-state index is 13.6. The first kappa shape index (κ1) is 18.3. The molecular formula is C17H22F2N2O3. The van der Waals surface area contributed by atoms with Gasteiger partial charge in [-0.15, -0.1) is 0 Å². The predicted octanol–water partition coefficient (Wildman–Crippen LogP) is 2.93. The number of carbonyl (C=O) groups excluding carboxylic acids is 2. The molecule has 2 rings (SSSR count). The Balaban J connectivity index is 2.43. The van der Waals surface area contributed by atoms with Crippen LogP contribution in [0.25, 0.3) is 0 Å². The van der Waals surface area contributed by atoms with Crippen LogP contribution in [0.2, 0.25) is 0 Å². The largest absolute Gasteiger partial charge is 0.444 e. The molecule has 5 nitrogen and oxygen atoms in total. The summed E-state index contributed by atoms with van der Waals surface area (Å²) in [5.41, 5.74) is 5.67. The highest BCUT2D eigenvalue weighted by Crippen LogP contribution is 2.37. The predicted molar refractivity (Wildman–Crippen MR) is 84.2 cm³/mol. The van der Waals surface area contributed by atoms with Gasteiger partial charge in [-0.05, 0) is 51.8 Å². The van der Waals surface area contributed by atoms with Crippen molar-refractivity contribution in [3.8, 4) is 0 Å².